The van der Waals surface area contributed by atoms with Gasteiger partial charge in [0.05, 0.1) is 5.92 Å². The molecule has 19 heavy (non-hydrogen) atoms. The maximum atomic E-state index is 12.4. The van der Waals surface area contributed by atoms with Gasteiger partial charge in [-0.05, 0) is 37.6 Å². The summed E-state index contributed by atoms with van der Waals surface area (Å²) in [5, 5.41) is 3.08. The zero-order chi connectivity index (χ0) is 14.3. The van der Waals surface area contributed by atoms with Crippen LogP contribution in [0.1, 0.15) is 32.3 Å². The van der Waals surface area contributed by atoms with Gasteiger partial charge in [-0.1, -0.05) is 32.4 Å². The number of nitrogens with one attached hydrogen (secondary N) is 1. The number of aryl methyl sites for hydroxylation is 1. The normalized spacial score (nSPS) is 12.2. The standard InChI is InChI=1S/C16H26N2O/c1-5-7-13-8-10-15(11-9-13)18(4)16(19)14(6-2)12-17-3/h8-11,14,17H,5-7,12H2,1-4H3. The van der Waals surface area contributed by atoms with Crippen molar-refractivity contribution < 1.29 is 4.79 Å². The van der Waals surface area contributed by atoms with Gasteiger partial charge in [0, 0.05) is 19.3 Å². The second-order valence-electron chi connectivity index (χ2n) is 4.98. The zero-order valence-electron chi connectivity index (χ0n) is 12.6. The van der Waals surface area contributed by atoms with Crippen LogP contribution in [-0.4, -0.2) is 26.5 Å². The Balaban J connectivity index is 2.75. The Hall–Kier alpha value is -1.35. The SMILES string of the molecule is CCCc1ccc(N(C)C(=O)C(CC)CNC)cc1. The van der Waals surface area contributed by atoms with Crippen molar-refractivity contribution in [2.45, 2.75) is 33.1 Å². The number of nitrogens with zero attached hydrogens (tertiary/aromatic N) is 1. The molecule has 1 aromatic rings. The van der Waals surface area contributed by atoms with E-state index in [1.807, 2.05) is 26.2 Å². The van der Waals surface area contributed by atoms with E-state index in [-0.39, 0.29) is 11.8 Å². The average Bonchev–Trinajstić information content (AvgIpc) is 2.44. The Labute approximate surface area is 117 Å². The van der Waals surface area contributed by atoms with Crippen molar-refractivity contribution in [3.8, 4) is 0 Å². The number of anilines is 1. The maximum Gasteiger partial charge on any atom is 0.231 e. The van der Waals surface area contributed by atoms with Crippen molar-refractivity contribution in [1.82, 2.24) is 5.32 Å². The van der Waals surface area contributed by atoms with E-state index in [0.717, 1.165) is 31.5 Å². The minimum Gasteiger partial charge on any atom is -0.319 e. The van der Waals surface area contributed by atoms with Crippen LogP contribution in [0, 0.1) is 5.92 Å². The lowest BCUT2D eigenvalue weighted by molar-refractivity contribution is -0.122. The molecule has 0 aliphatic heterocycles. The van der Waals surface area contributed by atoms with Crippen molar-refractivity contribution in [2.24, 2.45) is 5.92 Å². The predicted octanol–water partition coefficient (Wildman–Crippen LogP) is 2.85. The Bertz CT molecular complexity index is 386. The van der Waals surface area contributed by atoms with Crippen molar-refractivity contribution >= 4 is 11.6 Å². The summed E-state index contributed by atoms with van der Waals surface area (Å²) in [6.45, 7) is 4.96. The zero-order valence-corrected chi connectivity index (χ0v) is 12.6. The number of hydrogen-bond acceptors (Lipinski definition) is 2. The van der Waals surface area contributed by atoms with Crippen LogP contribution < -0.4 is 10.2 Å². The Morgan fingerprint density at radius 1 is 1.26 bits per heavy atom. The van der Waals surface area contributed by atoms with Crippen molar-refractivity contribution in [1.29, 1.82) is 0 Å². The van der Waals surface area contributed by atoms with Crippen LogP contribution in [0.15, 0.2) is 24.3 Å². The summed E-state index contributed by atoms with van der Waals surface area (Å²) >= 11 is 0. The van der Waals surface area contributed by atoms with Gasteiger partial charge >= 0.3 is 0 Å². The number of carbonyl (C=O) groups excluding carboxylic acids is 1. The summed E-state index contributed by atoms with van der Waals surface area (Å²) < 4.78 is 0. The highest BCUT2D eigenvalue weighted by atomic mass is 16.2. The molecule has 1 unspecified atom stereocenters. The van der Waals surface area contributed by atoms with Gasteiger partial charge in [0.1, 0.15) is 0 Å². The van der Waals surface area contributed by atoms with E-state index in [4.69, 9.17) is 0 Å². The smallest absolute Gasteiger partial charge is 0.231 e. The summed E-state index contributed by atoms with van der Waals surface area (Å²) in [6, 6.07) is 8.30. The van der Waals surface area contributed by atoms with E-state index >= 15 is 0 Å². The van der Waals surface area contributed by atoms with Gasteiger partial charge in [-0.3, -0.25) is 4.79 Å². The van der Waals surface area contributed by atoms with Crippen LogP contribution in [0.5, 0.6) is 0 Å². The van der Waals surface area contributed by atoms with Gasteiger partial charge in [-0.15, -0.1) is 0 Å². The van der Waals surface area contributed by atoms with Crippen LogP contribution >= 0.6 is 0 Å². The first kappa shape index (κ1) is 15.7. The molecule has 1 N–H and O–H groups in total. The van der Waals surface area contributed by atoms with Crippen LogP contribution in [0.4, 0.5) is 5.69 Å². The quantitative estimate of drug-likeness (QED) is 0.819. The predicted molar refractivity (Wildman–Crippen MR) is 81.6 cm³/mol. The number of rotatable bonds is 7. The van der Waals surface area contributed by atoms with E-state index in [9.17, 15) is 4.79 Å². The van der Waals surface area contributed by atoms with E-state index < -0.39 is 0 Å². The molecule has 3 nitrogen and oxygen atoms in total. The molecule has 3 heteroatoms. The van der Waals surface area contributed by atoms with Crippen LogP contribution in [0.25, 0.3) is 0 Å². The minimum atomic E-state index is 0.0466. The highest BCUT2D eigenvalue weighted by Crippen LogP contribution is 2.18. The molecule has 0 fully saturated rings. The molecule has 0 heterocycles. The van der Waals surface area contributed by atoms with E-state index in [2.05, 4.69) is 31.3 Å². The first-order valence-corrected chi connectivity index (χ1v) is 7.15. The first-order valence-electron chi connectivity index (χ1n) is 7.15. The lowest BCUT2D eigenvalue weighted by Crippen LogP contribution is -2.37. The molecule has 0 bridgehead atoms. The monoisotopic (exact) mass is 262 g/mol. The summed E-state index contributed by atoms with van der Waals surface area (Å²) in [5.74, 6) is 0.227. The van der Waals surface area contributed by atoms with Crippen LogP contribution in [0.2, 0.25) is 0 Å². The molecule has 1 rings (SSSR count). The summed E-state index contributed by atoms with van der Waals surface area (Å²) in [5.41, 5.74) is 2.30. The second kappa shape index (κ2) is 7.95. The third kappa shape index (κ3) is 4.35. The van der Waals surface area contributed by atoms with Gasteiger partial charge in [0.2, 0.25) is 5.91 Å². The second-order valence-corrected chi connectivity index (χ2v) is 4.98. The Morgan fingerprint density at radius 3 is 2.37 bits per heavy atom. The average molecular weight is 262 g/mol. The summed E-state index contributed by atoms with van der Waals surface area (Å²) in [6.07, 6.45) is 3.10. The number of hydrogen-bond donors (Lipinski definition) is 1. The lowest BCUT2D eigenvalue weighted by Gasteiger charge is -2.23. The fourth-order valence-electron chi connectivity index (χ4n) is 2.23. The van der Waals surface area contributed by atoms with Gasteiger partial charge in [0.25, 0.3) is 0 Å². The molecule has 1 amide bonds. The minimum absolute atomic E-state index is 0.0466. The number of benzene rings is 1. The molecular weight excluding hydrogens is 236 g/mol. The largest absolute Gasteiger partial charge is 0.319 e. The third-order valence-corrected chi connectivity index (χ3v) is 3.49. The molecule has 0 radical (unpaired) electrons. The Kier molecular flexibility index (Phi) is 6.57. The van der Waals surface area contributed by atoms with Gasteiger partial charge in [-0.2, -0.15) is 0 Å². The number of carbonyl (C=O) groups is 1. The molecule has 0 saturated heterocycles. The molecule has 1 atom stereocenters. The van der Waals surface area contributed by atoms with E-state index in [1.54, 1.807) is 4.90 Å². The third-order valence-electron chi connectivity index (χ3n) is 3.49. The summed E-state index contributed by atoms with van der Waals surface area (Å²) in [4.78, 5) is 14.1. The number of amides is 1. The molecule has 0 saturated carbocycles. The fourth-order valence-corrected chi connectivity index (χ4v) is 2.23. The lowest BCUT2D eigenvalue weighted by atomic mass is 10.0. The molecule has 1 aromatic carbocycles. The fraction of sp³-hybridized carbons (Fsp3) is 0.562. The molecule has 0 spiro atoms. The van der Waals surface area contributed by atoms with Crippen molar-refractivity contribution in [2.75, 3.05) is 25.5 Å². The van der Waals surface area contributed by atoms with Gasteiger partial charge in [-0.25, -0.2) is 0 Å². The molecule has 106 valence electrons. The van der Waals surface area contributed by atoms with Crippen molar-refractivity contribution in [3.05, 3.63) is 29.8 Å². The topological polar surface area (TPSA) is 32.3 Å². The van der Waals surface area contributed by atoms with E-state index in [0.29, 0.717) is 0 Å². The van der Waals surface area contributed by atoms with Gasteiger partial charge < -0.3 is 10.2 Å². The van der Waals surface area contributed by atoms with Crippen LogP contribution in [-0.2, 0) is 11.2 Å². The Morgan fingerprint density at radius 2 is 1.89 bits per heavy atom. The van der Waals surface area contributed by atoms with Crippen molar-refractivity contribution in [3.63, 3.8) is 0 Å². The molecule has 0 aliphatic carbocycles. The molecule has 0 aliphatic rings. The maximum absolute atomic E-state index is 12.4. The first-order chi connectivity index (χ1) is 9.13. The summed E-state index contributed by atoms with van der Waals surface area (Å²) in [7, 11) is 3.74. The molecule has 0 aromatic heterocycles. The molecular formula is C16H26N2O. The van der Waals surface area contributed by atoms with Crippen LogP contribution in [0.3, 0.4) is 0 Å². The van der Waals surface area contributed by atoms with E-state index in [1.165, 1.54) is 5.56 Å². The van der Waals surface area contributed by atoms with Gasteiger partial charge in [0.15, 0.2) is 0 Å². The highest BCUT2D eigenvalue weighted by Gasteiger charge is 2.20. The highest BCUT2D eigenvalue weighted by molar-refractivity contribution is 5.94.